The lowest BCUT2D eigenvalue weighted by atomic mass is 10.1. The number of carbonyl (C=O) groups excluding carboxylic acids is 3. The van der Waals surface area contributed by atoms with Crippen molar-refractivity contribution < 1.29 is 28.3 Å². The lowest BCUT2D eigenvalue weighted by molar-refractivity contribution is -0.121. The van der Waals surface area contributed by atoms with E-state index in [1.54, 1.807) is 36.4 Å². The van der Waals surface area contributed by atoms with Crippen LogP contribution < -0.4 is 19.7 Å². The number of benzene rings is 3. The van der Waals surface area contributed by atoms with Gasteiger partial charge in [-0.1, -0.05) is 42.5 Å². The number of ether oxygens (including phenoxy) is 2. The highest BCUT2D eigenvalue weighted by Crippen LogP contribution is 2.34. The van der Waals surface area contributed by atoms with Crippen molar-refractivity contribution >= 4 is 23.3 Å². The van der Waals surface area contributed by atoms with Gasteiger partial charge in [-0.05, 0) is 67.4 Å². The number of nitrogens with zero attached hydrogens (tertiary/aromatic N) is 1. The highest BCUT2D eigenvalue weighted by Gasteiger charge is 2.28. The zero-order chi connectivity index (χ0) is 27.4. The van der Waals surface area contributed by atoms with Gasteiger partial charge in [0.1, 0.15) is 17.3 Å². The number of hydrogen-bond acceptors (Lipinski definition) is 6. The van der Waals surface area contributed by atoms with Crippen LogP contribution in [0.5, 0.6) is 11.5 Å². The molecule has 0 radical (unpaired) electrons. The molecule has 1 N–H and O–H groups in total. The van der Waals surface area contributed by atoms with Gasteiger partial charge in [-0.2, -0.15) is 0 Å². The maximum atomic E-state index is 12.9. The summed E-state index contributed by atoms with van der Waals surface area (Å²) in [5.41, 5.74) is 2.85. The third kappa shape index (κ3) is 6.01. The van der Waals surface area contributed by atoms with Crippen molar-refractivity contribution in [3.05, 3.63) is 113 Å². The number of furan rings is 1. The number of fused-ring (bicyclic) bond motifs is 1. The van der Waals surface area contributed by atoms with Gasteiger partial charge in [0.05, 0.1) is 18.3 Å². The summed E-state index contributed by atoms with van der Waals surface area (Å²) in [6, 6.07) is 25.1. The topological polar surface area (TPSA) is 98.1 Å². The van der Waals surface area contributed by atoms with Crippen LogP contribution >= 0.6 is 0 Å². The van der Waals surface area contributed by atoms with Crippen LogP contribution in [0.3, 0.4) is 0 Å². The molecule has 0 fully saturated rings. The van der Waals surface area contributed by atoms with Gasteiger partial charge in [-0.3, -0.25) is 19.3 Å². The van der Waals surface area contributed by atoms with E-state index in [2.05, 4.69) is 5.32 Å². The third-order valence-corrected chi connectivity index (χ3v) is 6.43. The fourth-order valence-electron chi connectivity index (χ4n) is 4.32. The molecule has 4 aromatic rings. The van der Waals surface area contributed by atoms with Crippen molar-refractivity contribution in [2.24, 2.45) is 0 Å². The Bertz CT molecular complexity index is 1510. The highest BCUT2D eigenvalue weighted by molar-refractivity contribution is 6.02. The molecular formula is C31H28N2O6. The minimum atomic E-state index is -0.354. The van der Waals surface area contributed by atoms with Crippen LogP contribution in [0.1, 0.15) is 50.8 Å². The summed E-state index contributed by atoms with van der Waals surface area (Å²) < 4.78 is 17.0. The second-order valence-electron chi connectivity index (χ2n) is 9.35. The zero-order valence-corrected chi connectivity index (χ0v) is 21.7. The minimum absolute atomic E-state index is 0.0775. The van der Waals surface area contributed by atoms with E-state index in [1.807, 2.05) is 62.4 Å². The minimum Gasteiger partial charge on any atom is -0.485 e. The molecule has 0 aliphatic carbocycles. The van der Waals surface area contributed by atoms with E-state index in [0.717, 1.165) is 11.1 Å². The fourth-order valence-corrected chi connectivity index (χ4v) is 4.32. The van der Waals surface area contributed by atoms with E-state index in [4.69, 9.17) is 13.9 Å². The molecule has 1 atom stereocenters. The third-order valence-electron chi connectivity index (χ3n) is 6.43. The molecule has 2 amide bonds. The number of nitrogens with one attached hydrogen (secondary N) is 1. The molecule has 0 spiro atoms. The van der Waals surface area contributed by atoms with Crippen LogP contribution in [0.15, 0.2) is 89.3 Å². The molecule has 8 heteroatoms. The van der Waals surface area contributed by atoms with Crippen molar-refractivity contribution in [3.63, 3.8) is 0 Å². The number of aryl methyl sites for hydroxylation is 1. The van der Waals surface area contributed by atoms with E-state index in [0.29, 0.717) is 28.5 Å². The summed E-state index contributed by atoms with van der Waals surface area (Å²) in [5, 5.41) is 2.92. The smallest absolute Gasteiger partial charge is 0.287 e. The largest absolute Gasteiger partial charge is 0.485 e. The first-order valence-electron chi connectivity index (χ1n) is 12.6. The quantitative estimate of drug-likeness (QED) is 0.300. The molecule has 5 rings (SSSR count). The van der Waals surface area contributed by atoms with Gasteiger partial charge in [0.25, 0.3) is 11.8 Å². The summed E-state index contributed by atoms with van der Waals surface area (Å²) in [5.74, 6) is 0.779. The Morgan fingerprint density at radius 3 is 2.62 bits per heavy atom. The lowest BCUT2D eigenvalue weighted by Gasteiger charge is -2.29. The Hall–Kier alpha value is -4.85. The van der Waals surface area contributed by atoms with Gasteiger partial charge in [0, 0.05) is 5.56 Å². The van der Waals surface area contributed by atoms with Crippen LogP contribution in [0.25, 0.3) is 0 Å². The van der Waals surface area contributed by atoms with Crippen molar-refractivity contribution in [1.29, 1.82) is 0 Å². The zero-order valence-electron chi connectivity index (χ0n) is 21.7. The predicted molar refractivity (Wildman–Crippen MR) is 145 cm³/mol. The normalized spacial score (nSPS) is 13.3. The number of anilines is 1. The molecule has 0 saturated carbocycles. The number of ketones is 1. The average molecular weight is 525 g/mol. The molecule has 39 heavy (non-hydrogen) atoms. The van der Waals surface area contributed by atoms with Crippen LogP contribution in [0.4, 0.5) is 5.69 Å². The van der Waals surface area contributed by atoms with Crippen LogP contribution in [0, 0.1) is 6.92 Å². The summed E-state index contributed by atoms with van der Waals surface area (Å²) in [7, 11) is 0. The van der Waals surface area contributed by atoms with E-state index in [1.165, 1.54) is 4.90 Å². The molecule has 1 aliphatic rings. The Balaban J connectivity index is 1.28. The number of hydrogen-bond donors (Lipinski definition) is 1. The van der Waals surface area contributed by atoms with E-state index in [9.17, 15) is 14.4 Å². The first kappa shape index (κ1) is 25.8. The first-order chi connectivity index (χ1) is 18.9. The lowest BCUT2D eigenvalue weighted by Crippen LogP contribution is -2.38. The Kier molecular flexibility index (Phi) is 7.45. The average Bonchev–Trinajstić information content (AvgIpc) is 3.42. The first-order valence-corrected chi connectivity index (χ1v) is 12.6. The number of rotatable bonds is 9. The Morgan fingerprint density at radius 1 is 1.00 bits per heavy atom. The molecule has 8 nitrogen and oxygen atoms in total. The second-order valence-corrected chi connectivity index (χ2v) is 9.35. The van der Waals surface area contributed by atoms with Gasteiger partial charge in [-0.15, -0.1) is 0 Å². The molecule has 0 unspecified atom stereocenters. The predicted octanol–water partition coefficient (Wildman–Crippen LogP) is 5.27. The SMILES string of the molecule is Cc1cccc(OCC(=O)c2ccc3c(c2)N(Cc2ccc(C(=O)N[C@@H](C)c4ccccc4)o2)C(=O)CO3)c1. The van der Waals surface area contributed by atoms with Crippen LogP contribution in [-0.4, -0.2) is 30.8 Å². The standard InChI is InChI=1S/C31H28N2O6/c1-20-7-6-10-24(15-20)37-18-27(34)23-11-13-28-26(16-23)33(30(35)19-38-28)17-25-12-14-29(39-25)31(36)32-21(2)22-8-4-3-5-9-22/h3-16,21H,17-19H2,1-2H3,(H,32,36)/t21-/m0/s1. The summed E-state index contributed by atoms with van der Waals surface area (Å²) >= 11 is 0. The van der Waals surface area contributed by atoms with E-state index >= 15 is 0 Å². The van der Waals surface area contributed by atoms with Gasteiger partial charge in [0.15, 0.2) is 24.8 Å². The van der Waals surface area contributed by atoms with Crippen LogP contribution in [0.2, 0.25) is 0 Å². The second kappa shape index (κ2) is 11.3. The maximum absolute atomic E-state index is 12.9. The van der Waals surface area contributed by atoms with Crippen molar-refractivity contribution in [3.8, 4) is 11.5 Å². The number of amides is 2. The molecule has 198 valence electrons. The van der Waals surface area contributed by atoms with Gasteiger partial charge in [-0.25, -0.2) is 0 Å². The van der Waals surface area contributed by atoms with Crippen molar-refractivity contribution in [2.75, 3.05) is 18.1 Å². The molecule has 1 aliphatic heterocycles. The maximum Gasteiger partial charge on any atom is 0.287 e. The van der Waals surface area contributed by atoms with Gasteiger partial charge >= 0.3 is 0 Å². The molecule has 1 aromatic heterocycles. The number of Topliss-reactive ketones (excluding diaryl/α,β-unsaturated/α-hetero) is 1. The molecule has 3 aromatic carbocycles. The van der Waals surface area contributed by atoms with Crippen molar-refractivity contribution in [1.82, 2.24) is 5.32 Å². The highest BCUT2D eigenvalue weighted by atomic mass is 16.5. The summed E-state index contributed by atoms with van der Waals surface area (Å²) in [6.07, 6.45) is 0. The molecule has 0 saturated heterocycles. The van der Waals surface area contributed by atoms with Gasteiger partial charge < -0.3 is 19.2 Å². The molecular weight excluding hydrogens is 496 g/mol. The molecule has 0 bridgehead atoms. The Labute approximate surface area is 226 Å². The van der Waals surface area contributed by atoms with Gasteiger partial charge in [0.2, 0.25) is 0 Å². The fraction of sp³-hybridized carbons (Fsp3) is 0.194. The summed E-state index contributed by atoms with van der Waals surface area (Å²) in [6.45, 7) is 3.64. The monoisotopic (exact) mass is 524 g/mol. The van der Waals surface area contributed by atoms with Crippen molar-refractivity contribution in [2.45, 2.75) is 26.4 Å². The molecule has 2 heterocycles. The summed E-state index contributed by atoms with van der Waals surface area (Å²) in [4.78, 5) is 39.9. The van der Waals surface area contributed by atoms with E-state index < -0.39 is 0 Å². The van der Waals surface area contributed by atoms with E-state index in [-0.39, 0.29) is 49.2 Å². The number of carbonyl (C=O) groups is 3. The van der Waals surface area contributed by atoms with Crippen LogP contribution in [-0.2, 0) is 11.3 Å². The Morgan fingerprint density at radius 2 is 1.82 bits per heavy atom.